The van der Waals surface area contributed by atoms with E-state index in [0.717, 1.165) is 46.9 Å². The summed E-state index contributed by atoms with van der Waals surface area (Å²) in [5, 5.41) is 2.24. The lowest BCUT2D eigenvalue weighted by molar-refractivity contribution is -0.605. The summed E-state index contributed by atoms with van der Waals surface area (Å²) >= 11 is 0. The Balaban J connectivity index is 1.64. The van der Waals surface area contributed by atoms with Crippen molar-refractivity contribution in [3.05, 3.63) is 47.8 Å². The van der Waals surface area contributed by atoms with Crippen molar-refractivity contribution in [2.75, 3.05) is 13.6 Å². The molecule has 5 nitrogen and oxygen atoms in total. The first kappa shape index (κ1) is 12.5. The van der Waals surface area contributed by atoms with Crippen LogP contribution in [0, 0.1) is 0 Å². The Labute approximate surface area is 137 Å². The zero-order valence-corrected chi connectivity index (χ0v) is 12.9. The molecule has 0 aliphatic carbocycles. The molecule has 24 heavy (non-hydrogen) atoms. The zero-order chi connectivity index (χ0) is 15.7. The third kappa shape index (κ3) is 1.56. The Morgan fingerprint density at radius 1 is 0.792 bits per heavy atom. The minimum absolute atomic E-state index is 0.283. The minimum Gasteiger partial charge on any atom is -0.454 e. The molecule has 3 aromatic rings. The summed E-state index contributed by atoms with van der Waals surface area (Å²) in [5.41, 5.74) is 3.72. The fraction of sp³-hybridized carbons (Fsp3) is 0.211. The molecular weight excluding hydrogens is 306 g/mol. The summed E-state index contributed by atoms with van der Waals surface area (Å²) in [7, 11) is 0. The Morgan fingerprint density at radius 3 is 2.58 bits per heavy atom. The number of hydrogen-bond acceptors (Lipinski definition) is 4. The van der Waals surface area contributed by atoms with Gasteiger partial charge in [-0.3, -0.25) is 0 Å². The molecule has 1 aromatic heterocycles. The van der Waals surface area contributed by atoms with Gasteiger partial charge in [0.05, 0.1) is 11.5 Å². The maximum absolute atomic E-state index is 5.68. The van der Waals surface area contributed by atoms with Crippen LogP contribution < -0.4 is 23.5 Å². The predicted molar refractivity (Wildman–Crippen MR) is 85.1 cm³/mol. The molecule has 0 fully saturated rings. The van der Waals surface area contributed by atoms with Crippen molar-refractivity contribution in [3.8, 4) is 28.7 Å². The number of benzene rings is 2. The molecule has 3 aliphatic rings. The largest absolute Gasteiger partial charge is 0.454 e. The van der Waals surface area contributed by atoms with E-state index < -0.39 is 0 Å². The maximum Gasteiger partial charge on any atom is 0.231 e. The van der Waals surface area contributed by atoms with Gasteiger partial charge in [0.15, 0.2) is 34.9 Å². The van der Waals surface area contributed by atoms with E-state index in [9.17, 15) is 0 Å². The summed E-state index contributed by atoms with van der Waals surface area (Å²) in [4.78, 5) is 0. The minimum atomic E-state index is 0.283. The van der Waals surface area contributed by atoms with E-state index in [4.69, 9.17) is 18.9 Å². The lowest BCUT2D eigenvalue weighted by Gasteiger charge is -2.15. The van der Waals surface area contributed by atoms with Crippen LogP contribution in [0.3, 0.4) is 0 Å². The van der Waals surface area contributed by atoms with Crippen molar-refractivity contribution in [3.63, 3.8) is 0 Å². The molecular formula is C19H14NO4+. The average Bonchev–Trinajstić information content (AvgIpc) is 3.26. The number of hydrogen-bond donors (Lipinski definition) is 0. The van der Waals surface area contributed by atoms with E-state index in [1.54, 1.807) is 0 Å². The van der Waals surface area contributed by atoms with Gasteiger partial charge in [0.2, 0.25) is 19.3 Å². The quantitative estimate of drug-likeness (QED) is 0.597. The van der Waals surface area contributed by atoms with Crippen LogP contribution in [-0.2, 0) is 12.8 Å². The van der Waals surface area contributed by atoms with E-state index in [0.29, 0.717) is 6.79 Å². The lowest BCUT2D eigenvalue weighted by Crippen LogP contribution is -2.39. The second-order valence-corrected chi connectivity index (χ2v) is 6.27. The van der Waals surface area contributed by atoms with E-state index >= 15 is 0 Å². The highest BCUT2D eigenvalue weighted by Crippen LogP contribution is 2.40. The SMILES string of the molecule is c1c2c(cc3c1OCO3)-[n+]1cc3c4c(ccc3cc1CC2)OCO4. The number of nitrogens with zero attached hydrogens (tertiary/aromatic N) is 1. The predicted octanol–water partition coefficient (Wildman–Crippen LogP) is 2.67. The van der Waals surface area contributed by atoms with E-state index in [2.05, 4.69) is 35.0 Å². The zero-order valence-electron chi connectivity index (χ0n) is 12.9. The average molecular weight is 320 g/mol. The van der Waals surface area contributed by atoms with Crippen molar-refractivity contribution in [1.82, 2.24) is 0 Å². The van der Waals surface area contributed by atoms with Crippen LogP contribution >= 0.6 is 0 Å². The molecule has 0 unspecified atom stereocenters. The Morgan fingerprint density at radius 2 is 1.62 bits per heavy atom. The topological polar surface area (TPSA) is 40.8 Å². The van der Waals surface area contributed by atoms with Crippen LogP contribution in [0.2, 0.25) is 0 Å². The number of rotatable bonds is 0. The monoisotopic (exact) mass is 320 g/mol. The summed E-state index contributed by atoms with van der Waals surface area (Å²) in [6, 6.07) is 10.5. The van der Waals surface area contributed by atoms with E-state index in [-0.39, 0.29) is 6.79 Å². The molecule has 0 radical (unpaired) electrons. The van der Waals surface area contributed by atoms with E-state index in [1.165, 1.54) is 16.6 Å². The molecule has 2 aromatic carbocycles. The molecule has 0 saturated heterocycles. The molecule has 0 bridgehead atoms. The molecule has 5 heteroatoms. The van der Waals surface area contributed by atoms with Crippen molar-refractivity contribution in [1.29, 1.82) is 0 Å². The molecule has 4 heterocycles. The standard InChI is InChI=1S/C19H14NO4/c1-3-13-5-11-2-4-16-19(24-10-21-16)14(11)8-20(13)15-7-18-17(6-12(1)15)22-9-23-18/h2,4-8H,1,3,9-10H2/q+1. The third-order valence-corrected chi connectivity index (χ3v) is 4.98. The molecule has 3 aliphatic heterocycles. The van der Waals surface area contributed by atoms with Crippen LogP contribution in [0.15, 0.2) is 36.5 Å². The first-order valence-electron chi connectivity index (χ1n) is 8.07. The number of aromatic nitrogens is 1. The van der Waals surface area contributed by atoms with Crippen molar-refractivity contribution >= 4 is 10.8 Å². The number of aryl methyl sites for hydroxylation is 2. The van der Waals surface area contributed by atoms with Crippen molar-refractivity contribution < 1.29 is 23.5 Å². The number of fused-ring (bicyclic) bond motifs is 7. The van der Waals surface area contributed by atoms with E-state index in [1.807, 2.05) is 6.07 Å². The van der Waals surface area contributed by atoms with Gasteiger partial charge in [0, 0.05) is 18.1 Å². The van der Waals surface area contributed by atoms with Crippen molar-refractivity contribution in [2.24, 2.45) is 0 Å². The third-order valence-electron chi connectivity index (χ3n) is 4.98. The molecule has 118 valence electrons. The summed E-state index contributed by atoms with van der Waals surface area (Å²) in [5.74, 6) is 3.30. The Bertz CT molecular complexity index is 1030. The molecule has 0 atom stereocenters. The van der Waals surface area contributed by atoms with Gasteiger partial charge in [-0.2, -0.15) is 4.57 Å². The second-order valence-electron chi connectivity index (χ2n) is 6.27. The number of ether oxygens (including phenoxy) is 4. The van der Waals surface area contributed by atoms with Gasteiger partial charge < -0.3 is 18.9 Å². The van der Waals surface area contributed by atoms with Gasteiger partial charge in [0.1, 0.15) is 0 Å². The normalized spacial score (nSPS) is 16.2. The molecule has 6 rings (SSSR count). The Kier molecular flexibility index (Phi) is 2.24. The van der Waals surface area contributed by atoms with Crippen molar-refractivity contribution in [2.45, 2.75) is 12.8 Å². The Hall–Kier alpha value is -2.95. The second kappa shape index (κ2) is 4.32. The summed E-state index contributed by atoms with van der Waals surface area (Å²) in [6.07, 6.45) is 4.15. The fourth-order valence-corrected chi connectivity index (χ4v) is 3.81. The van der Waals surface area contributed by atoms with Crippen LogP contribution in [0.1, 0.15) is 11.3 Å². The molecule has 0 N–H and O–H groups in total. The highest BCUT2D eigenvalue weighted by atomic mass is 16.7. The smallest absolute Gasteiger partial charge is 0.231 e. The van der Waals surface area contributed by atoms with Crippen LogP contribution in [0.25, 0.3) is 16.5 Å². The van der Waals surface area contributed by atoms with Crippen LogP contribution in [0.4, 0.5) is 0 Å². The highest BCUT2D eigenvalue weighted by molar-refractivity contribution is 5.90. The van der Waals surface area contributed by atoms with Gasteiger partial charge in [-0.25, -0.2) is 0 Å². The summed E-state index contributed by atoms with van der Waals surface area (Å²) < 4.78 is 24.5. The van der Waals surface area contributed by atoms with Gasteiger partial charge in [-0.1, -0.05) is 0 Å². The van der Waals surface area contributed by atoms with Gasteiger partial charge in [-0.15, -0.1) is 0 Å². The fourth-order valence-electron chi connectivity index (χ4n) is 3.81. The van der Waals surface area contributed by atoms with Gasteiger partial charge in [-0.05, 0) is 30.0 Å². The molecule has 0 amide bonds. The number of pyridine rings is 1. The van der Waals surface area contributed by atoms with Crippen LogP contribution in [-0.4, -0.2) is 13.6 Å². The molecule has 0 saturated carbocycles. The molecule has 0 spiro atoms. The lowest BCUT2D eigenvalue weighted by atomic mass is 9.98. The first-order valence-corrected chi connectivity index (χ1v) is 8.07. The highest BCUT2D eigenvalue weighted by Gasteiger charge is 2.30. The van der Waals surface area contributed by atoms with Gasteiger partial charge in [0.25, 0.3) is 0 Å². The van der Waals surface area contributed by atoms with Crippen LogP contribution in [0.5, 0.6) is 23.0 Å². The maximum atomic E-state index is 5.68. The summed E-state index contributed by atoms with van der Waals surface area (Å²) in [6.45, 7) is 0.581. The van der Waals surface area contributed by atoms with Gasteiger partial charge >= 0.3 is 0 Å². The first-order chi connectivity index (χ1) is 11.9.